The molecule has 0 aliphatic rings. The molecular weight excluding hydrogens is 198 g/mol. The third kappa shape index (κ3) is 2.39. The standard InChI is InChI=1S/C9H13N3O3/c1-5(2)12-8(6(3)13)9(15-11-12)10-7(4)14/h5H,1-4H3/p+1. The van der Waals surface area contributed by atoms with Gasteiger partial charge in [0.05, 0.1) is 0 Å². The van der Waals surface area contributed by atoms with E-state index in [-0.39, 0.29) is 29.3 Å². The van der Waals surface area contributed by atoms with E-state index in [1.807, 2.05) is 13.8 Å². The number of hydrogen-bond acceptors (Lipinski definition) is 4. The number of nitrogens with one attached hydrogen (secondary N) is 1. The van der Waals surface area contributed by atoms with Crippen molar-refractivity contribution >= 4 is 17.6 Å². The van der Waals surface area contributed by atoms with E-state index in [9.17, 15) is 9.59 Å². The van der Waals surface area contributed by atoms with Crippen LogP contribution in [0.15, 0.2) is 4.52 Å². The summed E-state index contributed by atoms with van der Waals surface area (Å²) < 4.78 is 6.33. The molecule has 6 nitrogen and oxygen atoms in total. The highest BCUT2D eigenvalue weighted by atomic mass is 16.5. The van der Waals surface area contributed by atoms with Crippen LogP contribution in [-0.4, -0.2) is 17.0 Å². The number of carbonyl (C=O) groups is 2. The van der Waals surface area contributed by atoms with Crippen molar-refractivity contribution in [3.63, 3.8) is 0 Å². The highest BCUT2D eigenvalue weighted by Gasteiger charge is 2.31. The van der Waals surface area contributed by atoms with Crippen LogP contribution in [0.2, 0.25) is 0 Å². The van der Waals surface area contributed by atoms with E-state index in [0.29, 0.717) is 0 Å². The molecule has 1 heterocycles. The third-order valence-electron chi connectivity index (χ3n) is 1.78. The lowest BCUT2D eigenvalue weighted by Gasteiger charge is -1.95. The van der Waals surface area contributed by atoms with Crippen molar-refractivity contribution in [1.29, 1.82) is 0 Å². The van der Waals surface area contributed by atoms with Crippen LogP contribution in [0, 0.1) is 0 Å². The number of hydrogen-bond donors (Lipinski definition) is 1. The van der Waals surface area contributed by atoms with Gasteiger partial charge in [-0.05, 0) is 4.68 Å². The van der Waals surface area contributed by atoms with Gasteiger partial charge in [-0.25, -0.2) is 0 Å². The van der Waals surface area contributed by atoms with Crippen molar-refractivity contribution in [3.8, 4) is 0 Å². The number of Topliss-reactive ketones (excluding diaryl/α,β-unsaturated/α-hetero) is 1. The fourth-order valence-electron chi connectivity index (χ4n) is 1.19. The quantitative estimate of drug-likeness (QED) is 0.591. The topological polar surface area (TPSA) is 76.1 Å². The van der Waals surface area contributed by atoms with Crippen LogP contribution in [0.5, 0.6) is 0 Å². The molecule has 0 saturated heterocycles. The minimum absolute atomic E-state index is 0.00448. The van der Waals surface area contributed by atoms with Crippen molar-refractivity contribution in [2.45, 2.75) is 33.7 Å². The van der Waals surface area contributed by atoms with E-state index in [1.54, 1.807) is 0 Å². The number of ketones is 1. The normalized spacial score (nSPS) is 10.5. The number of aromatic nitrogens is 2. The Balaban J connectivity index is 3.18. The van der Waals surface area contributed by atoms with E-state index >= 15 is 0 Å². The Morgan fingerprint density at radius 2 is 2.00 bits per heavy atom. The lowest BCUT2D eigenvalue weighted by molar-refractivity contribution is -0.780. The highest BCUT2D eigenvalue weighted by molar-refractivity contribution is 5.98. The molecule has 15 heavy (non-hydrogen) atoms. The predicted molar refractivity (Wildman–Crippen MR) is 51.4 cm³/mol. The second-order valence-corrected chi connectivity index (χ2v) is 3.53. The van der Waals surface area contributed by atoms with Crippen molar-refractivity contribution in [2.75, 3.05) is 5.32 Å². The Bertz CT molecular complexity index is 395. The number of carbonyl (C=O) groups excluding carboxylic acids is 2. The summed E-state index contributed by atoms with van der Waals surface area (Å²) in [6, 6.07) is -0.00448. The van der Waals surface area contributed by atoms with Gasteiger partial charge in [0.2, 0.25) is 17.0 Å². The molecule has 0 unspecified atom stereocenters. The monoisotopic (exact) mass is 212 g/mol. The van der Waals surface area contributed by atoms with Gasteiger partial charge in [0.1, 0.15) is 0 Å². The number of amides is 1. The third-order valence-corrected chi connectivity index (χ3v) is 1.78. The molecule has 1 aromatic rings. The largest absolute Gasteiger partial charge is 0.340 e. The van der Waals surface area contributed by atoms with Crippen molar-refractivity contribution < 1.29 is 18.8 Å². The van der Waals surface area contributed by atoms with Crippen LogP contribution < -0.4 is 10.00 Å². The predicted octanol–water partition coefficient (Wildman–Crippen LogP) is 0.704. The SMILES string of the molecule is CC(=O)Nc1on[n+](C(C)C)c1C(C)=O. The molecule has 0 bridgehead atoms. The Hall–Kier alpha value is -1.72. The second kappa shape index (κ2) is 4.20. The van der Waals surface area contributed by atoms with E-state index in [2.05, 4.69) is 10.6 Å². The van der Waals surface area contributed by atoms with E-state index in [4.69, 9.17) is 4.52 Å². The maximum atomic E-state index is 11.4. The summed E-state index contributed by atoms with van der Waals surface area (Å²) in [7, 11) is 0. The van der Waals surface area contributed by atoms with Gasteiger partial charge in [-0.1, -0.05) is 0 Å². The van der Waals surface area contributed by atoms with Crippen molar-refractivity contribution in [2.24, 2.45) is 0 Å². The smallest absolute Gasteiger partial charge is 0.289 e. The Labute approximate surface area is 87.2 Å². The average molecular weight is 212 g/mol. The van der Waals surface area contributed by atoms with Gasteiger partial charge in [-0.15, -0.1) is 0 Å². The minimum atomic E-state index is -0.301. The zero-order chi connectivity index (χ0) is 11.6. The lowest BCUT2D eigenvalue weighted by atomic mass is 10.3. The summed E-state index contributed by atoms with van der Waals surface area (Å²) in [6.45, 7) is 6.47. The van der Waals surface area contributed by atoms with Crippen LogP contribution in [0.1, 0.15) is 44.2 Å². The Kier molecular flexibility index (Phi) is 3.18. The number of rotatable bonds is 3. The lowest BCUT2D eigenvalue weighted by Crippen LogP contribution is -2.43. The van der Waals surface area contributed by atoms with Gasteiger partial charge in [-0.3, -0.25) is 19.4 Å². The van der Waals surface area contributed by atoms with Crippen LogP contribution in [0.4, 0.5) is 5.88 Å². The highest BCUT2D eigenvalue weighted by Crippen LogP contribution is 2.12. The summed E-state index contributed by atoms with van der Waals surface area (Å²) in [5, 5.41) is 6.12. The maximum Gasteiger partial charge on any atom is 0.340 e. The summed E-state index contributed by atoms with van der Waals surface area (Å²) in [4.78, 5) is 22.2. The summed E-state index contributed by atoms with van der Waals surface area (Å²) in [5.74, 6) is -0.401. The molecule has 0 saturated carbocycles. The molecule has 6 heteroatoms. The summed E-state index contributed by atoms with van der Waals surface area (Å²) in [6.07, 6.45) is 0. The number of nitrogens with zero attached hydrogens (tertiary/aromatic N) is 2. The van der Waals surface area contributed by atoms with Gasteiger partial charge < -0.3 is 0 Å². The van der Waals surface area contributed by atoms with Gasteiger partial charge in [0.15, 0.2) is 6.04 Å². The van der Waals surface area contributed by atoms with Gasteiger partial charge in [0.25, 0.3) is 0 Å². The van der Waals surface area contributed by atoms with Crippen molar-refractivity contribution in [1.82, 2.24) is 5.27 Å². The molecule has 1 aromatic heterocycles. The van der Waals surface area contributed by atoms with E-state index < -0.39 is 0 Å². The van der Waals surface area contributed by atoms with Gasteiger partial charge in [0, 0.05) is 27.7 Å². The molecular formula is C9H14N3O3+. The second-order valence-electron chi connectivity index (χ2n) is 3.53. The fourth-order valence-corrected chi connectivity index (χ4v) is 1.19. The molecule has 0 aliphatic heterocycles. The molecule has 0 atom stereocenters. The first-order chi connectivity index (χ1) is 6.93. The first-order valence-corrected chi connectivity index (χ1v) is 4.63. The van der Waals surface area contributed by atoms with E-state index in [0.717, 1.165) is 0 Å². The molecule has 0 fully saturated rings. The van der Waals surface area contributed by atoms with Crippen LogP contribution in [0.25, 0.3) is 0 Å². The minimum Gasteiger partial charge on any atom is -0.289 e. The molecule has 0 aromatic carbocycles. The molecule has 82 valence electrons. The molecule has 1 amide bonds. The zero-order valence-corrected chi connectivity index (χ0v) is 9.20. The zero-order valence-electron chi connectivity index (χ0n) is 9.20. The maximum absolute atomic E-state index is 11.4. The summed E-state index contributed by atoms with van der Waals surface area (Å²) >= 11 is 0. The molecule has 0 radical (unpaired) electrons. The van der Waals surface area contributed by atoms with Crippen LogP contribution in [-0.2, 0) is 4.79 Å². The van der Waals surface area contributed by atoms with Crippen molar-refractivity contribution in [3.05, 3.63) is 5.69 Å². The van der Waals surface area contributed by atoms with Crippen LogP contribution >= 0.6 is 0 Å². The Morgan fingerprint density at radius 3 is 2.40 bits per heavy atom. The molecule has 0 spiro atoms. The summed E-state index contributed by atoms with van der Waals surface area (Å²) in [5.41, 5.74) is 0.278. The van der Waals surface area contributed by atoms with Crippen LogP contribution in [0.3, 0.4) is 0 Å². The molecule has 1 N–H and O–H groups in total. The first-order valence-electron chi connectivity index (χ1n) is 4.63. The molecule has 1 rings (SSSR count). The first kappa shape index (κ1) is 11.4. The fraction of sp³-hybridized carbons (Fsp3) is 0.556. The van der Waals surface area contributed by atoms with E-state index in [1.165, 1.54) is 18.5 Å². The molecule has 0 aliphatic carbocycles. The number of anilines is 1. The average Bonchev–Trinajstić information content (AvgIpc) is 2.46. The van der Waals surface area contributed by atoms with Gasteiger partial charge in [-0.2, -0.15) is 0 Å². The Morgan fingerprint density at radius 1 is 1.40 bits per heavy atom. The van der Waals surface area contributed by atoms with Gasteiger partial charge >= 0.3 is 11.6 Å².